The summed E-state index contributed by atoms with van der Waals surface area (Å²) in [5.41, 5.74) is 0.873. The molecule has 0 aliphatic carbocycles. The van der Waals surface area contributed by atoms with Crippen molar-refractivity contribution in [1.29, 1.82) is 0 Å². The number of nitrogens with one attached hydrogen (secondary N) is 1. The maximum Gasteiger partial charge on any atom is 0.234 e. The van der Waals surface area contributed by atoms with E-state index in [1.807, 2.05) is 32.0 Å². The van der Waals surface area contributed by atoms with E-state index in [9.17, 15) is 4.79 Å². The fourth-order valence-corrected chi connectivity index (χ4v) is 2.96. The summed E-state index contributed by atoms with van der Waals surface area (Å²) in [6.07, 6.45) is 3.67. The van der Waals surface area contributed by atoms with Crippen molar-refractivity contribution >= 4 is 5.91 Å². The number of likely N-dealkylation sites (tertiary alicyclic amines) is 1. The molecule has 1 saturated heterocycles. The first-order valence-corrected chi connectivity index (χ1v) is 7.63. The molecule has 2 aromatic heterocycles. The minimum atomic E-state index is -0.129. The zero-order chi connectivity index (χ0) is 15.5. The number of amides is 1. The largest absolute Gasteiger partial charge is 0.467 e. The van der Waals surface area contributed by atoms with Gasteiger partial charge in [-0.2, -0.15) is 0 Å². The Kier molecular flexibility index (Phi) is 4.29. The van der Waals surface area contributed by atoms with Crippen molar-refractivity contribution in [1.82, 2.24) is 15.4 Å². The maximum absolute atomic E-state index is 12.2. The molecule has 1 amide bonds. The number of furan rings is 1. The van der Waals surface area contributed by atoms with Crippen LogP contribution in [-0.4, -0.2) is 29.1 Å². The summed E-state index contributed by atoms with van der Waals surface area (Å²) in [5.74, 6) is 1.60. The average molecular weight is 303 g/mol. The fourth-order valence-electron chi connectivity index (χ4n) is 2.96. The number of carbonyl (C=O) groups excluding carboxylic acids is 1. The molecule has 118 valence electrons. The van der Waals surface area contributed by atoms with Crippen LogP contribution in [0.4, 0.5) is 0 Å². The zero-order valence-corrected chi connectivity index (χ0v) is 12.9. The second kappa shape index (κ2) is 6.36. The Hall–Kier alpha value is -2.08. The summed E-state index contributed by atoms with van der Waals surface area (Å²) in [7, 11) is 0. The molecule has 2 atom stereocenters. The minimum Gasteiger partial charge on any atom is -0.467 e. The molecule has 1 N–H and O–H groups in total. The summed E-state index contributed by atoms with van der Waals surface area (Å²) in [4.78, 5) is 14.4. The Morgan fingerprint density at radius 1 is 1.59 bits per heavy atom. The van der Waals surface area contributed by atoms with Crippen molar-refractivity contribution in [2.45, 2.75) is 38.8 Å². The van der Waals surface area contributed by atoms with Crippen LogP contribution in [0.2, 0.25) is 0 Å². The summed E-state index contributed by atoms with van der Waals surface area (Å²) < 4.78 is 10.7. The van der Waals surface area contributed by atoms with Gasteiger partial charge in [0.2, 0.25) is 5.91 Å². The van der Waals surface area contributed by atoms with Crippen LogP contribution in [0.1, 0.15) is 49.1 Å². The van der Waals surface area contributed by atoms with Crippen LogP contribution in [0.5, 0.6) is 0 Å². The molecule has 0 bridgehead atoms. The smallest absolute Gasteiger partial charge is 0.234 e. The van der Waals surface area contributed by atoms with Gasteiger partial charge in [-0.15, -0.1) is 0 Å². The molecule has 1 aliphatic heterocycles. The Bertz CT molecular complexity index is 620. The van der Waals surface area contributed by atoms with Gasteiger partial charge in [-0.05, 0) is 45.4 Å². The molecule has 0 spiro atoms. The van der Waals surface area contributed by atoms with Crippen molar-refractivity contribution in [2.24, 2.45) is 0 Å². The third kappa shape index (κ3) is 3.22. The lowest BCUT2D eigenvalue weighted by Crippen LogP contribution is -2.37. The summed E-state index contributed by atoms with van der Waals surface area (Å²) in [6, 6.07) is 5.65. The molecule has 0 aromatic carbocycles. The molecule has 2 aromatic rings. The molecule has 1 aliphatic rings. The lowest BCUT2D eigenvalue weighted by atomic mass is 10.1. The fraction of sp³-hybridized carbons (Fsp3) is 0.500. The van der Waals surface area contributed by atoms with Crippen LogP contribution in [0, 0.1) is 6.92 Å². The van der Waals surface area contributed by atoms with E-state index in [1.54, 1.807) is 6.26 Å². The van der Waals surface area contributed by atoms with Crippen LogP contribution in [0.15, 0.2) is 33.4 Å². The third-order valence-corrected chi connectivity index (χ3v) is 4.03. The Labute approximate surface area is 129 Å². The quantitative estimate of drug-likeness (QED) is 0.919. The number of nitrogens with zero attached hydrogens (tertiary/aromatic N) is 2. The third-order valence-electron chi connectivity index (χ3n) is 4.03. The molecular weight excluding hydrogens is 282 g/mol. The summed E-state index contributed by atoms with van der Waals surface area (Å²) in [6.45, 7) is 5.07. The van der Waals surface area contributed by atoms with Crippen LogP contribution in [0.3, 0.4) is 0 Å². The van der Waals surface area contributed by atoms with Crippen molar-refractivity contribution < 1.29 is 13.7 Å². The molecule has 22 heavy (non-hydrogen) atoms. The standard InChI is InChI=1S/C16H21N3O3/c1-11-9-15(22-18-11)13-5-3-7-19(13)10-16(20)17-12(2)14-6-4-8-21-14/h4,6,8-9,12-13H,3,5,7,10H2,1-2H3,(H,17,20)/t12-,13+/m1/s1. The average Bonchev–Trinajstić information content (AvgIpc) is 3.18. The van der Waals surface area contributed by atoms with Gasteiger partial charge < -0.3 is 14.3 Å². The van der Waals surface area contributed by atoms with Gasteiger partial charge >= 0.3 is 0 Å². The maximum atomic E-state index is 12.2. The van der Waals surface area contributed by atoms with Gasteiger partial charge in [-0.1, -0.05) is 5.16 Å². The highest BCUT2D eigenvalue weighted by Crippen LogP contribution is 2.31. The van der Waals surface area contributed by atoms with Crippen LogP contribution in [-0.2, 0) is 4.79 Å². The van der Waals surface area contributed by atoms with E-state index in [0.29, 0.717) is 6.54 Å². The van der Waals surface area contributed by atoms with E-state index in [2.05, 4.69) is 15.4 Å². The molecule has 3 rings (SSSR count). The molecule has 0 radical (unpaired) electrons. The number of hydrogen-bond acceptors (Lipinski definition) is 5. The van der Waals surface area contributed by atoms with Gasteiger partial charge in [0.1, 0.15) is 5.76 Å². The number of carbonyl (C=O) groups is 1. The van der Waals surface area contributed by atoms with Gasteiger partial charge in [-0.3, -0.25) is 9.69 Å². The van der Waals surface area contributed by atoms with E-state index < -0.39 is 0 Å². The highest BCUT2D eigenvalue weighted by atomic mass is 16.5. The zero-order valence-electron chi connectivity index (χ0n) is 12.9. The van der Waals surface area contributed by atoms with Crippen molar-refractivity contribution in [3.8, 4) is 0 Å². The summed E-state index contributed by atoms with van der Waals surface area (Å²) >= 11 is 0. The number of hydrogen-bond donors (Lipinski definition) is 1. The summed E-state index contributed by atoms with van der Waals surface area (Å²) in [5, 5.41) is 6.91. The lowest BCUT2D eigenvalue weighted by Gasteiger charge is -2.22. The van der Waals surface area contributed by atoms with E-state index in [1.165, 1.54) is 0 Å². The Morgan fingerprint density at radius 2 is 2.45 bits per heavy atom. The van der Waals surface area contributed by atoms with Gasteiger partial charge in [0.25, 0.3) is 0 Å². The van der Waals surface area contributed by atoms with Gasteiger partial charge in [0, 0.05) is 6.07 Å². The van der Waals surface area contributed by atoms with Gasteiger partial charge in [0.05, 0.1) is 30.6 Å². The Morgan fingerprint density at radius 3 is 3.14 bits per heavy atom. The lowest BCUT2D eigenvalue weighted by molar-refractivity contribution is -0.123. The molecule has 6 nitrogen and oxygen atoms in total. The molecule has 1 fully saturated rings. The van der Waals surface area contributed by atoms with Crippen molar-refractivity contribution in [3.63, 3.8) is 0 Å². The highest BCUT2D eigenvalue weighted by molar-refractivity contribution is 5.78. The SMILES string of the molecule is Cc1cc([C@@H]2CCCN2CC(=O)N[C@H](C)c2ccco2)on1. The molecule has 0 saturated carbocycles. The Balaban J connectivity index is 1.58. The molecule has 6 heteroatoms. The molecule has 3 heterocycles. The van der Waals surface area contributed by atoms with E-state index >= 15 is 0 Å². The van der Waals surface area contributed by atoms with E-state index in [-0.39, 0.29) is 18.0 Å². The monoisotopic (exact) mass is 303 g/mol. The number of aromatic nitrogens is 1. The van der Waals surface area contributed by atoms with Crippen LogP contribution >= 0.6 is 0 Å². The predicted octanol–water partition coefficient (Wildman–Crippen LogP) is 2.59. The predicted molar refractivity (Wildman–Crippen MR) is 80.1 cm³/mol. The highest BCUT2D eigenvalue weighted by Gasteiger charge is 2.30. The number of rotatable bonds is 5. The normalized spacial score (nSPS) is 20.2. The number of aryl methyl sites for hydroxylation is 1. The van der Waals surface area contributed by atoms with Crippen molar-refractivity contribution in [2.75, 3.05) is 13.1 Å². The molecule has 0 unspecified atom stereocenters. The first-order chi connectivity index (χ1) is 10.6. The second-order valence-corrected chi connectivity index (χ2v) is 5.80. The topological polar surface area (TPSA) is 71.5 Å². The first kappa shape index (κ1) is 14.8. The van der Waals surface area contributed by atoms with Crippen LogP contribution < -0.4 is 5.32 Å². The van der Waals surface area contributed by atoms with Crippen molar-refractivity contribution in [3.05, 3.63) is 41.7 Å². The van der Waals surface area contributed by atoms with E-state index in [4.69, 9.17) is 8.94 Å². The van der Waals surface area contributed by atoms with E-state index in [0.717, 1.165) is 36.6 Å². The molecular formula is C16H21N3O3. The minimum absolute atomic E-state index is 0.00737. The first-order valence-electron chi connectivity index (χ1n) is 7.63. The van der Waals surface area contributed by atoms with Crippen LogP contribution in [0.25, 0.3) is 0 Å². The second-order valence-electron chi connectivity index (χ2n) is 5.80. The van der Waals surface area contributed by atoms with Gasteiger partial charge in [0.15, 0.2) is 5.76 Å². The van der Waals surface area contributed by atoms with Gasteiger partial charge in [-0.25, -0.2) is 0 Å².